The molecule has 0 aliphatic carbocycles. The highest BCUT2D eigenvalue weighted by atomic mass is 35.5. The number of hydrogen-bond acceptors (Lipinski definition) is 9. The minimum absolute atomic E-state index is 0. The molecule has 0 radical (unpaired) electrons. The van der Waals surface area contributed by atoms with Crippen LogP contribution in [0.25, 0.3) is 11.0 Å². The van der Waals surface area contributed by atoms with E-state index in [4.69, 9.17) is 24.5 Å². The highest BCUT2D eigenvalue weighted by Gasteiger charge is 2.28. The molecule has 0 spiro atoms. The Morgan fingerprint density at radius 1 is 1.06 bits per heavy atom. The van der Waals surface area contributed by atoms with Gasteiger partial charge in [0, 0.05) is 18.3 Å². The summed E-state index contributed by atoms with van der Waals surface area (Å²) < 4.78 is 52.0. The third-order valence-corrected chi connectivity index (χ3v) is 6.37. The third-order valence-electron chi connectivity index (χ3n) is 4.97. The fourth-order valence-electron chi connectivity index (χ4n) is 3.46. The zero-order valence-electron chi connectivity index (χ0n) is 18.6. The highest BCUT2D eigenvalue weighted by molar-refractivity contribution is 7.93. The summed E-state index contributed by atoms with van der Waals surface area (Å²) in [5, 5.41) is 8.57. The SMILES string of the molecule is COc1cccc(OC)c1S(=O)(=O)Nc1noc2cc(Cn3cc(CN)cn3)cc(OC)c12.Cl. The number of nitrogens with zero attached hydrogens (tertiary/aromatic N) is 3. The van der Waals surface area contributed by atoms with E-state index < -0.39 is 10.0 Å². The summed E-state index contributed by atoms with van der Waals surface area (Å²) in [5.74, 6) is 0.616. The van der Waals surface area contributed by atoms with Crippen LogP contribution in [0.3, 0.4) is 0 Å². The molecular formula is C21H24ClN5O6S. The number of halogens is 1. The van der Waals surface area contributed by atoms with Crippen LogP contribution < -0.4 is 24.7 Å². The maximum Gasteiger partial charge on any atom is 0.270 e. The summed E-state index contributed by atoms with van der Waals surface area (Å²) in [5.41, 5.74) is 7.72. The molecule has 0 amide bonds. The van der Waals surface area contributed by atoms with Crippen LogP contribution in [0.5, 0.6) is 17.2 Å². The van der Waals surface area contributed by atoms with E-state index in [9.17, 15) is 8.42 Å². The molecule has 2 aromatic heterocycles. The Labute approximate surface area is 202 Å². The molecule has 4 rings (SSSR count). The molecule has 0 atom stereocenters. The predicted molar refractivity (Wildman–Crippen MR) is 127 cm³/mol. The molecule has 4 aromatic rings. The standard InChI is InChI=1S/C21H23N5O6S.ClH/c1-29-15-5-4-6-16(30-2)20(15)33(27,28)25-21-19-17(31-3)7-13(8-18(19)32-24-21)11-26-12-14(9-22)10-23-26;/h4-8,10,12H,9,11,22H2,1-3H3,(H,24,25);1H. The van der Waals surface area contributed by atoms with Gasteiger partial charge < -0.3 is 24.5 Å². The molecule has 0 aliphatic rings. The first-order chi connectivity index (χ1) is 15.9. The first-order valence-electron chi connectivity index (χ1n) is 9.81. The quantitative estimate of drug-likeness (QED) is 0.348. The number of anilines is 1. The molecule has 2 heterocycles. The lowest BCUT2D eigenvalue weighted by Crippen LogP contribution is -2.15. The summed E-state index contributed by atoms with van der Waals surface area (Å²) in [6.07, 6.45) is 3.54. The topological polar surface area (TPSA) is 144 Å². The van der Waals surface area contributed by atoms with E-state index in [1.807, 2.05) is 6.20 Å². The summed E-state index contributed by atoms with van der Waals surface area (Å²) in [7, 11) is 0.0815. The van der Waals surface area contributed by atoms with Gasteiger partial charge in [-0.2, -0.15) is 5.10 Å². The summed E-state index contributed by atoms with van der Waals surface area (Å²) in [6, 6.07) is 8.19. The lowest BCUT2D eigenvalue weighted by Gasteiger charge is -2.14. The number of sulfonamides is 1. The number of aromatic nitrogens is 3. The van der Waals surface area contributed by atoms with Crippen LogP contribution in [-0.4, -0.2) is 44.7 Å². The van der Waals surface area contributed by atoms with Crippen LogP contribution in [0.2, 0.25) is 0 Å². The van der Waals surface area contributed by atoms with E-state index in [0.717, 1.165) is 11.1 Å². The van der Waals surface area contributed by atoms with Crippen molar-refractivity contribution in [3.05, 3.63) is 53.9 Å². The maximum atomic E-state index is 13.2. The molecule has 11 nitrogen and oxygen atoms in total. The normalized spacial score (nSPS) is 11.2. The smallest absolute Gasteiger partial charge is 0.270 e. The van der Waals surface area contributed by atoms with Crippen molar-refractivity contribution in [3.63, 3.8) is 0 Å². The lowest BCUT2D eigenvalue weighted by molar-refractivity contribution is 0.373. The van der Waals surface area contributed by atoms with Crippen LogP contribution >= 0.6 is 12.4 Å². The molecule has 0 saturated heterocycles. The van der Waals surface area contributed by atoms with Crippen LogP contribution in [0.4, 0.5) is 5.82 Å². The second kappa shape index (κ2) is 10.2. The van der Waals surface area contributed by atoms with Gasteiger partial charge in [0.2, 0.25) is 0 Å². The number of methoxy groups -OCH3 is 3. The molecule has 0 unspecified atom stereocenters. The maximum absolute atomic E-state index is 13.2. The molecule has 0 fully saturated rings. The molecule has 13 heteroatoms. The largest absolute Gasteiger partial charge is 0.496 e. The Kier molecular flexibility index (Phi) is 7.54. The summed E-state index contributed by atoms with van der Waals surface area (Å²) in [6.45, 7) is 0.831. The van der Waals surface area contributed by atoms with Gasteiger partial charge in [-0.3, -0.25) is 9.40 Å². The second-order valence-electron chi connectivity index (χ2n) is 7.05. The van der Waals surface area contributed by atoms with E-state index in [0.29, 0.717) is 29.8 Å². The van der Waals surface area contributed by atoms with Crippen LogP contribution in [0.1, 0.15) is 11.1 Å². The Bertz CT molecular complexity index is 1380. The molecule has 0 saturated carbocycles. The monoisotopic (exact) mass is 509 g/mol. The van der Waals surface area contributed by atoms with Crippen LogP contribution in [0, 0.1) is 0 Å². The van der Waals surface area contributed by atoms with Crippen LogP contribution in [-0.2, 0) is 23.1 Å². The molecule has 182 valence electrons. The molecule has 0 aliphatic heterocycles. The zero-order chi connectivity index (χ0) is 23.6. The molecular weight excluding hydrogens is 486 g/mol. The first-order valence-corrected chi connectivity index (χ1v) is 11.3. The van der Waals surface area contributed by atoms with Crippen molar-refractivity contribution in [2.75, 3.05) is 26.1 Å². The van der Waals surface area contributed by atoms with Crippen molar-refractivity contribution < 1.29 is 27.2 Å². The number of fused-ring (bicyclic) bond motifs is 1. The van der Waals surface area contributed by atoms with Gasteiger partial charge in [-0.25, -0.2) is 8.42 Å². The average Bonchev–Trinajstić information content (AvgIpc) is 3.44. The number of rotatable bonds is 9. The number of hydrogen-bond donors (Lipinski definition) is 2. The van der Waals surface area contributed by atoms with Crippen molar-refractivity contribution >= 4 is 39.2 Å². The van der Waals surface area contributed by atoms with Crippen molar-refractivity contribution in [1.82, 2.24) is 14.9 Å². The van der Waals surface area contributed by atoms with Crippen LogP contribution in [0.15, 0.2) is 52.1 Å². The Morgan fingerprint density at radius 2 is 1.74 bits per heavy atom. The van der Waals surface area contributed by atoms with Crippen molar-refractivity contribution in [3.8, 4) is 17.2 Å². The molecule has 34 heavy (non-hydrogen) atoms. The van der Waals surface area contributed by atoms with Gasteiger partial charge in [-0.1, -0.05) is 11.2 Å². The van der Waals surface area contributed by atoms with Crippen molar-refractivity contribution in [2.45, 2.75) is 18.0 Å². The summed E-state index contributed by atoms with van der Waals surface area (Å²) in [4.78, 5) is -0.156. The number of nitrogens with two attached hydrogens (primary N) is 1. The van der Waals surface area contributed by atoms with Gasteiger partial charge in [0.1, 0.15) is 22.6 Å². The van der Waals surface area contributed by atoms with E-state index in [2.05, 4.69) is 15.0 Å². The van der Waals surface area contributed by atoms with Crippen molar-refractivity contribution in [1.29, 1.82) is 0 Å². The van der Waals surface area contributed by atoms with E-state index in [-0.39, 0.29) is 34.6 Å². The number of nitrogens with one attached hydrogen (secondary N) is 1. The van der Waals surface area contributed by atoms with Gasteiger partial charge >= 0.3 is 0 Å². The number of benzene rings is 2. The van der Waals surface area contributed by atoms with Gasteiger partial charge in [0.15, 0.2) is 16.3 Å². The molecule has 3 N–H and O–H groups in total. The summed E-state index contributed by atoms with van der Waals surface area (Å²) >= 11 is 0. The van der Waals surface area contributed by atoms with Gasteiger partial charge in [0.05, 0.1) is 34.1 Å². The average molecular weight is 510 g/mol. The first kappa shape index (κ1) is 25.1. The van der Waals surface area contributed by atoms with Gasteiger partial charge in [-0.15, -0.1) is 12.4 Å². The molecule has 2 aromatic carbocycles. The van der Waals surface area contributed by atoms with Crippen molar-refractivity contribution in [2.24, 2.45) is 5.73 Å². The fourth-order valence-corrected chi connectivity index (χ4v) is 4.79. The lowest BCUT2D eigenvalue weighted by atomic mass is 10.1. The number of ether oxygens (including phenoxy) is 3. The predicted octanol–water partition coefficient (Wildman–Crippen LogP) is 2.78. The van der Waals surface area contributed by atoms with E-state index in [1.54, 1.807) is 29.1 Å². The Hall–Kier alpha value is -3.48. The van der Waals surface area contributed by atoms with Gasteiger partial charge in [-0.05, 0) is 29.8 Å². The molecule has 0 bridgehead atoms. The van der Waals surface area contributed by atoms with E-state index >= 15 is 0 Å². The Morgan fingerprint density at radius 3 is 2.32 bits per heavy atom. The Balaban J connectivity index is 0.00000324. The minimum Gasteiger partial charge on any atom is -0.496 e. The zero-order valence-corrected chi connectivity index (χ0v) is 20.3. The highest BCUT2D eigenvalue weighted by Crippen LogP contribution is 2.38. The second-order valence-corrected chi connectivity index (χ2v) is 8.67. The fraction of sp³-hybridized carbons (Fsp3) is 0.238. The minimum atomic E-state index is -4.15. The third kappa shape index (κ3) is 4.74. The van der Waals surface area contributed by atoms with E-state index in [1.165, 1.54) is 33.5 Å². The van der Waals surface area contributed by atoms with Gasteiger partial charge in [0.25, 0.3) is 10.0 Å².